The number of hydrazone groups is 1. The number of ether oxygens (including phenoxy) is 1. The zero-order valence-corrected chi connectivity index (χ0v) is 20.2. The summed E-state index contributed by atoms with van der Waals surface area (Å²) in [5.41, 5.74) is 3.68. The van der Waals surface area contributed by atoms with Crippen LogP contribution in [0.3, 0.4) is 0 Å². The van der Waals surface area contributed by atoms with Crippen LogP contribution in [0.15, 0.2) is 52.0 Å². The van der Waals surface area contributed by atoms with E-state index in [4.69, 9.17) is 16.3 Å². The molecule has 0 saturated heterocycles. The van der Waals surface area contributed by atoms with E-state index >= 15 is 0 Å². The Bertz CT molecular complexity index is 934. The van der Waals surface area contributed by atoms with Crippen molar-refractivity contribution in [1.82, 2.24) is 10.7 Å². The Kier molecular flexibility index (Phi) is 10.0. The molecule has 2 rings (SSSR count). The Hall–Kier alpha value is -2.38. The molecule has 0 spiro atoms. The van der Waals surface area contributed by atoms with Gasteiger partial charge in [-0.25, -0.2) is 5.43 Å². The van der Waals surface area contributed by atoms with Crippen LogP contribution in [-0.2, 0) is 4.79 Å². The summed E-state index contributed by atoms with van der Waals surface area (Å²) in [6, 6.07) is 11.4. The van der Waals surface area contributed by atoms with Crippen LogP contribution < -0.4 is 15.5 Å². The molecule has 0 saturated carbocycles. The summed E-state index contributed by atoms with van der Waals surface area (Å²) in [6.07, 6.45) is 3.60. The molecule has 2 aromatic rings. The van der Waals surface area contributed by atoms with Crippen LogP contribution in [0.1, 0.15) is 49.5 Å². The summed E-state index contributed by atoms with van der Waals surface area (Å²) in [5, 5.41) is 7.22. The van der Waals surface area contributed by atoms with E-state index in [2.05, 4.69) is 38.7 Å². The Balaban J connectivity index is 1.97. The largest absolute Gasteiger partial charge is 0.492 e. The molecule has 2 N–H and O–H groups in total. The second-order valence-corrected chi connectivity index (χ2v) is 8.62. The molecule has 0 aromatic heterocycles. The van der Waals surface area contributed by atoms with Crippen molar-refractivity contribution >= 4 is 45.6 Å². The fraction of sp³-hybridized carbons (Fsp3) is 0.348. The van der Waals surface area contributed by atoms with Crippen LogP contribution in [0.25, 0.3) is 0 Å². The third kappa shape index (κ3) is 7.99. The molecule has 31 heavy (non-hydrogen) atoms. The predicted octanol–water partition coefficient (Wildman–Crippen LogP) is 5.19. The molecule has 0 aliphatic heterocycles. The number of carbonyl (C=O) groups is 2. The Labute approximate surface area is 196 Å². The lowest BCUT2D eigenvalue weighted by Crippen LogP contribution is -2.48. The number of halogens is 2. The molecular formula is C23H27BrClN3O3. The van der Waals surface area contributed by atoms with E-state index in [-0.39, 0.29) is 11.8 Å². The van der Waals surface area contributed by atoms with Gasteiger partial charge in [0.05, 0.1) is 17.3 Å². The quantitative estimate of drug-likeness (QED) is 0.263. The lowest BCUT2D eigenvalue weighted by atomic mass is 10.0. The number of unbranched alkanes of at least 4 members (excludes halogenated alkanes) is 1. The van der Waals surface area contributed by atoms with Gasteiger partial charge in [-0.3, -0.25) is 9.59 Å². The monoisotopic (exact) mass is 507 g/mol. The molecule has 2 aromatic carbocycles. The van der Waals surface area contributed by atoms with Crippen LogP contribution >= 0.6 is 27.5 Å². The lowest BCUT2D eigenvalue weighted by molar-refractivity contribution is -0.123. The molecule has 2 amide bonds. The maximum Gasteiger partial charge on any atom is 0.262 e. The minimum atomic E-state index is -0.746. The number of hydrogen-bond donors (Lipinski definition) is 2. The van der Waals surface area contributed by atoms with Crippen molar-refractivity contribution in [2.45, 2.75) is 39.7 Å². The molecule has 0 bridgehead atoms. The van der Waals surface area contributed by atoms with Crippen molar-refractivity contribution in [2.75, 3.05) is 6.61 Å². The molecule has 6 nitrogen and oxygen atoms in total. The van der Waals surface area contributed by atoms with E-state index in [1.165, 1.54) is 6.21 Å². The summed E-state index contributed by atoms with van der Waals surface area (Å²) in [7, 11) is 0. The first kappa shape index (κ1) is 24.9. The minimum absolute atomic E-state index is 0.132. The topological polar surface area (TPSA) is 79.8 Å². The molecule has 1 unspecified atom stereocenters. The van der Waals surface area contributed by atoms with E-state index in [9.17, 15) is 9.59 Å². The van der Waals surface area contributed by atoms with Crippen molar-refractivity contribution in [2.24, 2.45) is 11.0 Å². The highest BCUT2D eigenvalue weighted by Crippen LogP contribution is 2.25. The van der Waals surface area contributed by atoms with Crippen molar-refractivity contribution < 1.29 is 14.3 Å². The van der Waals surface area contributed by atoms with Gasteiger partial charge in [0.1, 0.15) is 11.8 Å². The number of nitrogens with zero attached hydrogens (tertiary/aromatic N) is 1. The summed E-state index contributed by atoms with van der Waals surface area (Å²) in [5.74, 6) is -0.145. The van der Waals surface area contributed by atoms with Crippen LogP contribution in [0.2, 0.25) is 5.02 Å². The molecular weight excluding hydrogens is 482 g/mol. The van der Waals surface area contributed by atoms with Crippen molar-refractivity contribution in [3.05, 3.63) is 63.1 Å². The van der Waals surface area contributed by atoms with E-state index in [0.717, 1.165) is 28.6 Å². The van der Waals surface area contributed by atoms with Gasteiger partial charge in [0.2, 0.25) is 0 Å². The zero-order valence-electron chi connectivity index (χ0n) is 17.8. The van der Waals surface area contributed by atoms with E-state index < -0.39 is 11.9 Å². The minimum Gasteiger partial charge on any atom is -0.492 e. The maximum absolute atomic E-state index is 12.6. The van der Waals surface area contributed by atoms with Gasteiger partial charge in [-0.05, 0) is 70.2 Å². The third-order valence-electron chi connectivity index (χ3n) is 4.42. The number of hydrogen-bond acceptors (Lipinski definition) is 4. The molecule has 1 atom stereocenters. The number of benzene rings is 2. The number of nitrogens with one attached hydrogen (secondary N) is 2. The first-order valence-corrected chi connectivity index (χ1v) is 11.3. The van der Waals surface area contributed by atoms with Crippen molar-refractivity contribution in [3.63, 3.8) is 0 Å². The molecule has 0 radical (unpaired) electrons. The average Bonchev–Trinajstić information content (AvgIpc) is 2.73. The highest BCUT2D eigenvalue weighted by Gasteiger charge is 2.24. The Morgan fingerprint density at radius 1 is 1.23 bits per heavy atom. The molecule has 8 heteroatoms. The zero-order chi connectivity index (χ0) is 22.8. The first-order valence-electron chi connectivity index (χ1n) is 10.1. The SMILES string of the molecule is CCCCOc1ccc(C=NNC(=O)C(NC(=O)c2cccc(Cl)c2)C(C)C)cc1Br. The van der Waals surface area contributed by atoms with Gasteiger partial charge in [-0.1, -0.05) is 44.9 Å². The normalized spacial score (nSPS) is 12.1. The second-order valence-electron chi connectivity index (χ2n) is 7.33. The van der Waals surface area contributed by atoms with E-state index in [0.29, 0.717) is 17.2 Å². The predicted molar refractivity (Wildman–Crippen MR) is 128 cm³/mol. The fourth-order valence-corrected chi connectivity index (χ4v) is 3.37. The highest BCUT2D eigenvalue weighted by molar-refractivity contribution is 9.10. The number of rotatable bonds is 10. The van der Waals surface area contributed by atoms with E-state index in [1.54, 1.807) is 24.3 Å². The highest BCUT2D eigenvalue weighted by atomic mass is 79.9. The van der Waals surface area contributed by atoms with Crippen LogP contribution in [0.4, 0.5) is 0 Å². The second kappa shape index (κ2) is 12.5. The summed E-state index contributed by atoms with van der Waals surface area (Å²) >= 11 is 9.43. The van der Waals surface area contributed by atoms with Crippen LogP contribution in [0.5, 0.6) is 5.75 Å². The van der Waals surface area contributed by atoms with Gasteiger partial charge < -0.3 is 10.1 Å². The average molecular weight is 509 g/mol. The summed E-state index contributed by atoms with van der Waals surface area (Å²) in [6.45, 7) is 6.47. The first-order chi connectivity index (χ1) is 14.8. The van der Waals surface area contributed by atoms with Crippen LogP contribution in [0, 0.1) is 5.92 Å². The molecule has 0 heterocycles. The third-order valence-corrected chi connectivity index (χ3v) is 5.28. The van der Waals surface area contributed by atoms with Gasteiger partial charge in [-0.15, -0.1) is 0 Å². The molecule has 166 valence electrons. The maximum atomic E-state index is 12.6. The number of carbonyl (C=O) groups excluding carboxylic acids is 2. The molecule has 0 aliphatic carbocycles. The van der Waals surface area contributed by atoms with Gasteiger partial charge in [-0.2, -0.15) is 5.10 Å². The van der Waals surface area contributed by atoms with Gasteiger partial charge in [0, 0.05) is 10.6 Å². The van der Waals surface area contributed by atoms with Crippen molar-refractivity contribution in [3.8, 4) is 5.75 Å². The standard InChI is InChI=1S/C23H27BrClN3O3/c1-4-5-11-31-20-10-9-16(12-19(20)24)14-26-28-23(30)21(15(2)3)27-22(29)17-7-6-8-18(25)13-17/h6-10,12-15,21H,4-5,11H2,1-3H3,(H,27,29)(H,28,30). The summed E-state index contributed by atoms with van der Waals surface area (Å²) < 4.78 is 6.52. The lowest BCUT2D eigenvalue weighted by Gasteiger charge is -2.20. The van der Waals surface area contributed by atoms with Gasteiger partial charge >= 0.3 is 0 Å². The van der Waals surface area contributed by atoms with Gasteiger partial charge in [0.25, 0.3) is 11.8 Å². The van der Waals surface area contributed by atoms with Gasteiger partial charge in [0.15, 0.2) is 0 Å². The fourth-order valence-electron chi connectivity index (χ4n) is 2.67. The summed E-state index contributed by atoms with van der Waals surface area (Å²) in [4.78, 5) is 25.1. The molecule has 0 fully saturated rings. The van der Waals surface area contributed by atoms with Crippen LogP contribution in [-0.4, -0.2) is 30.7 Å². The van der Waals surface area contributed by atoms with Crippen molar-refractivity contribution in [1.29, 1.82) is 0 Å². The Morgan fingerprint density at radius 3 is 2.65 bits per heavy atom. The number of amides is 2. The van der Waals surface area contributed by atoms with E-state index in [1.807, 2.05) is 32.0 Å². The Morgan fingerprint density at radius 2 is 2.00 bits per heavy atom. The smallest absolute Gasteiger partial charge is 0.262 e. The molecule has 0 aliphatic rings.